The molecule has 4 heterocycles. The van der Waals surface area contributed by atoms with Crippen molar-refractivity contribution in [2.45, 2.75) is 38.1 Å². The predicted octanol–water partition coefficient (Wildman–Crippen LogP) is 0.376. The number of piperidine rings is 1. The summed E-state index contributed by atoms with van der Waals surface area (Å²) >= 11 is 0. The minimum atomic E-state index is -0.285. The summed E-state index contributed by atoms with van der Waals surface area (Å²) in [7, 11) is 0. The molecule has 0 aliphatic carbocycles. The molecule has 134 valence electrons. The van der Waals surface area contributed by atoms with Crippen LogP contribution in [0.4, 0.5) is 5.69 Å². The Labute approximate surface area is 146 Å². The van der Waals surface area contributed by atoms with E-state index in [9.17, 15) is 14.4 Å². The topological polar surface area (TPSA) is 89.6 Å². The number of hydrogen-bond acceptors (Lipinski definition) is 4. The Kier molecular flexibility index (Phi) is 4.19. The summed E-state index contributed by atoms with van der Waals surface area (Å²) in [5, 5.41) is 6.57. The van der Waals surface area contributed by atoms with Gasteiger partial charge in [0, 0.05) is 51.3 Å². The second-order valence-corrected chi connectivity index (χ2v) is 7.11. The molecule has 0 saturated carbocycles. The van der Waals surface area contributed by atoms with Crippen LogP contribution in [0.2, 0.25) is 0 Å². The molecule has 3 aliphatic rings. The fourth-order valence-electron chi connectivity index (χ4n) is 4.23. The maximum absolute atomic E-state index is 12.8. The summed E-state index contributed by atoms with van der Waals surface area (Å²) in [6, 6.07) is 0.270. The monoisotopic (exact) mass is 345 g/mol. The van der Waals surface area contributed by atoms with Crippen molar-refractivity contribution < 1.29 is 14.4 Å². The van der Waals surface area contributed by atoms with E-state index in [1.807, 2.05) is 9.80 Å². The summed E-state index contributed by atoms with van der Waals surface area (Å²) in [5.41, 5.74) is 0.714. The lowest BCUT2D eigenvalue weighted by Crippen LogP contribution is -2.48. The molecule has 3 fully saturated rings. The van der Waals surface area contributed by atoms with Crippen molar-refractivity contribution in [1.29, 1.82) is 0 Å². The van der Waals surface area contributed by atoms with Crippen LogP contribution in [0.25, 0.3) is 0 Å². The van der Waals surface area contributed by atoms with Gasteiger partial charge in [-0.25, -0.2) is 0 Å². The highest BCUT2D eigenvalue weighted by molar-refractivity contribution is 6.00. The molecule has 3 amide bonds. The third-order valence-electron chi connectivity index (χ3n) is 5.60. The normalized spacial score (nSPS) is 25.3. The Balaban J connectivity index is 1.33. The molecule has 1 N–H and O–H groups in total. The van der Waals surface area contributed by atoms with Gasteiger partial charge in [-0.3, -0.25) is 19.5 Å². The van der Waals surface area contributed by atoms with Crippen LogP contribution in [0.1, 0.15) is 32.1 Å². The summed E-state index contributed by atoms with van der Waals surface area (Å²) < 4.78 is 0. The lowest BCUT2D eigenvalue weighted by Gasteiger charge is -2.37. The van der Waals surface area contributed by atoms with Gasteiger partial charge in [0.05, 0.1) is 17.8 Å². The molecule has 0 radical (unpaired) electrons. The molecule has 0 aromatic carbocycles. The number of aromatic nitrogens is 2. The van der Waals surface area contributed by atoms with Gasteiger partial charge in [0.2, 0.25) is 17.7 Å². The lowest BCUT2D eigenvalue weighted by atomic mass is 10.0. The maximum Gasteiger partial charge on any atom is 0.228 e. The first-order valence-electron chi connectivity index (χ1n) is 9.01. The van der Waals surface area contributed by atoms with Gasteiger partial charge in [0.25, 0.3) is 0 Å². The van der Waals surface area contributed by atoms with Crippen molar-refractivity contribution >= 4 is 23.4 Å². The molecule has 8 heteroatoms. The zero-order chi connectivity index (χ0) is 17.4. The highest BCUT2D eigenvalue weighted by atomic mass is 16.2. The number of likely N-dealkylation sites (tertiary alicyclic amines) is 2. The third-order valence-corrected chi connectivity index (χ3v) is 5.60. The number of aromatic amines is 1. The zero-order valence-corrected chi connectivity index (χ0v) is 14.2. The number of nitrogens with one attached hydrogen (secondary N) is 1. The van der Waals surface area contributed by atoms with Gasteiger partial charge in [-0.05, 0) is 19.3 Å². The quantitative estimate of drug-likeness (QED) is 0.857. The van der Waals surface area contributed by atoms with E-state index in [2.05, 4.69) is 10.2 Å². The van der Waals surface area contributed by atoms with Crippen LogP contribution < -0.4 is 4.90 Å². The van der Waals surface area contributed by atoms with Gasteiger partial charge >= 0.3 is 0 Å². The average Bonchev–Trinajstić information content (AvgIpc) is 3.35. The highest BCUT2D eigenvalue weighted by Gasteiger charge is 2.39. The second-order valence-electron chi connectivity index (χ2n) is 7.11. The minimum Gasteiger partial charge on any atom is -0.342 e. The number of H-pyrrole nitrogens is 1. The van der Waals surface area contributed by atoms with E-state index in [0.717, 1.165) is 25.8 Å². The van der Waals surface area contributed by atoms with Crippen LogP contribution in [0.3, 0.4) is 0 Å². The molecule has 1 aromatic rings. The summed E-state index contributed by atoms with van der Waals surface area (Å²) in [5.74, 6) is -0.00266. The third kappa shape index (κ3) is 3.01. The van der Waals surface area contributed by atoms with Gasteiger partial charge in [-0.15, -0.1) is 0 Å². The highest BCUT2D eigenvalue weighted by Crippen LogP contribution is 2.28. The zero-order valence-electron chi connectivity index (χ0n) is 14.2. The summed E-state index contributed by atoms with van der Waals surface area (Å²) in [6.07, 6.45) is 6.81. The van der Waals surface area contributed by atoms with E-state index in [-0.39, 0.29) is 36.1 Å². The number of amides is 3. The Hall–Kier alpha value is -2.38. The molecule has 1 aromatic heterocycles. The summed E-state index contributed by atoms with van der Waals surface area (Å²) in [6.45, 7) is 2.61. The predicted molar refractivity (Wildman–Crippen MR) is 89.6 cm³/mol. The molecule has 8 nitrogen and oxygen atoms in total. The van der Waals surface area contributed by atoms with Gasteiger partial charge in [-0.1, -0.05) is 0 Å². The van der Waals surface area contributed by atoms with Crippen LogP contribution in [0.15, 0.2) is 12.4 Å². The molecule has 3 aliphatic heterocycles. The fourth-order valence-corrected chi connectivity index (χ4v) is 4.23. The number of nitrogens with zero attached hydrogens (tertiary/aromatic N) is 4. The van der Waals surface area contributed by atoms with E-state index in [1.165, 1.54) is 0 Å². The Bertz CT molecular complexity index is 666. The standard InChI is InChI=1S/C17H23N5O3/c23-15-2-1-5-21(15)13-3-6-20(7-4-13)17(25)12-8-16(24)22(11-12)14-9-18-19-10-14/h9-10,12-13H,1-8,11H2,(H,18,19). The van der Waals surface area contributed by atoms with Crippen LogP contribution in [-0.4, -0.2) is 69.9 Å². The van der Waals surface area contributed by atoms with Gasteiger partial charge in [0.1, 0.15) is 0 Å². The van der Waals surface area contributed by atoms with Crippen molar-refractivity contribution in [3.63, 3.8) is 0 Å². The molecule has 3 saturated heterocycles. The van der Waals surface area contributed by atoms with E-state index in [4.69, 9.17) is 0 Å². The van der Waals surface area contributed by atoms with Crippen LogP contribution in [0, 0.1) is 5.92 Å². The van der Waals surface area contributed by atoms with Crippen molar-refractivity contribution in [3.05, 3.63) is 12.4 Å². The summed E-state index contributed by atoms with van der Waals surface area (Å²) in [4.78, 5) is 42.4. The number of rotatable bonds is 3. The van der Waals surface area contributed by atoms with Crippen molar-refractivity contribution in [1.82, 2.24) is 20.0 Å². The number of carbonyl (C=O) groups is 3. The molecular formula is C17H23N5O3. The van der Waals surface area contributed by atoms with Gasteiger partial charge < -0.3 is 14.7 Å². The molecule has 0 spiro atoms. The van der Waals surface area contributed by atoms with Crippen LogP contribution in [0.5, 0.6) is 0 Å². The largest absolute Gasteiger partial charge is 0.342 e. The van der Waals surface area contributed by atoms with E-state index in [0.29, 0.717) is 31.7 Å². The SMILES string of the molecule is O=C(C1CC(=O)N(c2cn[nH]c2)C1)N1CCC(N2CCCC2=O)CC1. The number of hydrogen-bond donors (Lipinski definition) is 1. The Morgan fingerprint density at radius 1 is 1.16 bits per heavy atom. The van der Waals surface area contributed by atoms with Crippen LogP contribution in [-0.2, 0) is 14.4 Å². The molecular weight excluding hydrogens is 322 g/mol. The van der Waals surface area contributed by atoms with Gasteiger partial charge in [-0.2, -0.15) is 5.10 Å². The Morgan fingerprint density at radius 3 is 2.60 bits per heavy atom. The minimum absolute atomic E-state index is 0.0303. The van der Waals surface area contributed by atoms with E-state index >= 15 is 0 Å². The molecule has 1 unspecified atom stereocenters. The van der Waals surface area contributed by atoms with Crippen LogP contribution >= 0.6 is 0 Å². The smallest absolute Gasteiger partial charge is 0.228 e. The first-order valence-corrected chi connectivity index (χ1v) is 9.01. The molecule has 4 rings (SSSR count). The van der Waals surface area contributed by atoms with Gasteiger partial charge in [0.15, 0.2) is 0 Å². The number of carbonyl (C=O) groups excluding carboxylic acids is 3. The van der Waals surface area contributed by atoms with Crippen molar-refractivity contribution in [2.75, 3.05) is 31.1 Å². The molecule has 1 atom stereocenters. The fraction of sp³-hybridized carbons (Fsp3) is 0.647. The second kappa shape index (κ2) is 6.50. The van der Waals surface area contributed by atoms with Crippen molar-refractivity contribution in [2.24, 2.45) is 5.92 Å². The first kappa shape index (κ1) is 16.1. The van der Waals surface area contributed by atoms with E-state index < -0.39 is 0 Å². The Morgan fingerprint density at radius 2 is 1.96 bits per heavy atom. The molecule has 0 bridgehead atoms. The average molecular weight is 345 g/mol. The molecule has 25 heavy (non-hydrogen) atoms. The van der Waals surface area contributed by atoms with Crippen molar-refractivity contribution in [3.8, 4) is 0 Å². The first-order chi connectivity index (χ1) is 12.1. The number of anilines is 1. The maximum atomic E-state index is 12.8. The van der Waals surface area contributed by atoms with E-state index in [1.54, 1.807) is 17.3 Å². The lowest BCUT2D eigenvalue weighted by molar-refractivity contribution is -0.138.